The average molecular weight is 393 g/mol. The summed E-state index contributed by atoms with van der Waals surface area (Å²) < 4.78 is 16.0. The van der Waals surface area contributed by atoms with Crippen LogP contribution in [0, 0.1) is 0 Å². The molecule has 8 nitrogen and oxygen atoms in total. The van der Waals surface area contributed by atoms with Crippen LogP contribution < -0.4 is 19.1 Å². The fourth-order valence-corrected chi connectivity index (χ4v) is 3.10. The summed E-state index contributed by atoms with van der Waals surface area (Å²) >= 11 is 5.78. The minimum Gasteiger partial charge on any atom is -0.493 e. The van der Waals surface area contributed by atoms with Gasteiger partial charge in [-0.3, -0.25) is 4.79 Å². The van der Waals surface area contributed by atoms with E-state index in [0.717, 1.165) is 5.82 Å². The van der Waals surface area contributed by atoms with Gasteiger partial charge in [-0.1, -0.05) is 11.6 Å². The fraction of sp³-hybridized carbons (Fsp3) is 0.389. The second-order valence-corrected chi connectivity index (χ2v) is 6.29. The van der Waals surface area contributed by atoms with Crippen molar-refractivity contribution in [1.29, 1.82) is 0 Å². The Morgan fingerprint density at radius 2 is 1.59 bits per heavy atom. The van der Waals surface area contributed by atoms with E-state index in [2.05, 4.69) is 15.1 Å². The summed E-state index contributed by atoms with van der Waals surface area (Å²) in [7, 11) is 4.58. The molecule has 2 heterocycles. The van der Waals surface area contributed by atoms with Crippen LogP contribution in [0.4, 0.5) is 5.82 Å². The molecule has 27 heavy (non-hydrogen) atoms. The number of hydrogen-bond acceptors (Lipinski definition) is 7. The number of hydrogen-bond donors (Lipinski definition) is 0. The molecule has 1 aliphatic rings. The SMILES string of the molecule is COc1cc(C(=O)N2CCN(c3ccc(Cl)nn3)CC2)cc(OC)c1OC. The van der Waals surface area contributed by atoms with E-state index in [-0.39, 0.29) is 5.91 Å². The summed E-state index contributed by atoms with van der Waals surface area (Å²) in [6.45, 7) is 2.46. The first-order valence-electron chi connectivity index (χ1n) is 8.40. The van der Waals surface area contributed by atoms with Crippen LogP contribution in [0.15, 0.2) is 24.3 Å². The number of methoxy groups -OCH3 is 3. The summed E-state index contributed by atoms with van der Waals surface area (Å²) in [5.74, 6) is 2.03. The molecule has 1 saturated heterocycles. The number of carbonyl (C=O) groups excluding carboxylic acids is 1. The molecule has 1 fully saturated rings. The molecule has 9 heteroatoms. The first-order valence-corrected chi connectivity index (χ1v) is 8.78. The Balaban J connectivity index is 1.73. The monoisotopic (exact) mass is 392 g/mol. The van der Waals surface area contributed by atoms with Gasteiger partial charge < -0.3 is 24.0 Å². The summed E-state index contributed by atoms with van der Waals surface area (Å²) in [5, 5.41) is 8.31. The van der Waals surface area contributed by atoms with E-state index < -0.39 is 0 Å². The number of anilines is 1. The largest absolute Gasteiger partial charge is 0.493 e. The van der Waals surface area contributed by atoms with Gasteiger partial charge in [0.25, 0.3) is 5.91 Å². The molecule has 0 N–H and O–H groups in total. The van der Waals surface area contributed by atoms with Crippen molar-refractivity contribution in [2.45, 2.75) is 0 Å². The molecular weight excluding hydrogens is 372 g/mol. The Kier molecular flexibility index (Phi) is 5.85. The Hall–Kier alpha value is -2.74. The van der Waals surface area contributed by atoms with Crippen LogP contribution in [0.5, 0.6) is 17.2 Å². The van der Waals surface area contributed by atoms with Gasteiger partial charge in [0, 0.05) is 31.7 Å². The van der Waals surface area contributed by atoms with E-state index in [1.807, 2.05) is 6.07 Å². The molecule has 3 rings (SSSR count). The predicted octanol–water partition coefficient (Wildman–Crippen LogP) is 2.12. The zero-order valence-corrected chi connectivity index (χ0v) is 16.2. The lowest BCUT2D eigenvalue weighted by Gasteiger charge is -2.35. The molecule has 0 aliphatic carbocycles. The number of halogens is 1. The Morgan fingerprint density at radius 3 is 2.07 bits per heavy atom. The van der Waals surface area contributed by atoms with Crippen molar-refractivity contribution < 1.29 is 19.0 Å². The highest BCUT2D eigenvalue weighted by atomic mass is 35.5. The highest BCUT2D eigenvalue weighted by molar-refractivity contribution is 6.29. The van der Waals surface area contributed by atoms with Gasteiger partial charge in [0.1, 0.15) is 0 Å². The summed E-state index contributed by atoms with van der Waals surface area (Å²) in [5.41, 5.74) is 0.490. The van der Waals surface area contributed by atoms with E-state index in [1.165, 1.54) is 21.3 Å². The van der Waals surface area contributed by atoms with Crippen molar-refractivity contribution in [2.75, 3.05) is 52.4 Å². The lowest BCUT2D eigenvalue weighted by molar-refractivity contribution is 0.0745. The highest BCUT2D eigenvalue weighted by Crippen LogP contribution is 2.38. The maximum Gasteiger partial charge on any atom is 0.254 e. The molecule has 2 aromatic rings. The smallest absolute Gasteiger partial charge is 0.254 e. The molecule has 1 amide bonds. The number of ether oxygens (including phenoxy) is 3. The van der Waals surface area contributed by atoms with Crippen LogP contribution in [0.2, 0.25) is 5.15 Å². The topological polar surface area (TPSA) is 77.0 Å². The molecule has 0 unspecified atom stereocenters. The summed E-state index contributed by atoms with van der Waals surface area (Å²) in [4.78, 5) is 16.8. The molecule has 0 spiro atoms. The number of piperazine rings is 1. The molecular formula is C18H21ClN4O4. The van der Waals surface area contributed by atoms with E-state index in [4.69, 9.17) is 25.8 Å². The van der Waals surface area contributed by atoms with Crippen molar-refractivity contribution in [1.82, 2.24) is 15.1 Å². The van der Waals surface area contributed by atoms with Gasteiger partial charge in [0.15, 0.2) is 22.5 Å². The number of carbonyl (C=O) groups is 1. The second-order valence-electron chi connectivity index (χ2n) is 5.91. The third-order valence-corrected chi connectivity index (χ3v) is 4.62. The third kappa shape index (κ3) is 4.00. The van der Waals surface area contributed by atoms with Gasteiger partial charge >= 0.3 is 0 Å². The van der Waals surface area contributed by atoms with Crippen LogP contribution in [-0.2, 0) is 0 Å². The first kappa shape index (κ1) is 19.0. The zero-order chi connectivity index (χ0) is 19.4. The predicted molar refractivity (Wildman–Crippen MR) is 101 cm³/mol. The van der Waals surface area contributed by atoms with Gasteiger partial charge in [-0.05, 0) is 24.3 Å². The Bertz CT molecular complexity index is 783. The minimum atomic E-state index is -0.0870. The molecule has 1 aromatic carbocycles. The standard InChI is InChI=1S/C18H21ClN4O4/c1-25-13-10-12(11-14(26-2)17(13)27-3)18(24)23-8-6-22(7-9-23)16-5-4-15(19)20-21-16/h4-5,10-11H,6-9H2,1-3H3. The molecule has 1 aliphatic heterocycles. The van der Waals surface area contributed by atoms with Crippen molar-refractivity contribution in [2.24, 2.45) is 0 Å². The molecule has 0 saturated carbocycles. The number of amides is 1. The van der Waals surface area contributed by atoms with Crippen LogP contribution in [0.25, 0.3) is 0 Å². The summed E-state index contributed by atoms with van der Waals surface area (Å²) in [6.07, 6.45) is 0. The van der Waals surface area contributed by atoms with Crippen LogP contribution in [-0.4, -0.2) is 68.5 Å². The quantitative estimate of drug-likeness (QED) is 0.771. The molecule has 0 bridgehead atoms. The molecule has 0 atom stereocenters. The van der Waals surface area contributed by atoms with E-state index in [1.54, 1.807) is 23.1 Å². The van der Waals surface area contributed by atoms with Crippen molar-refractivity contribution in [3.05, 3.63) is 35.0 Å². The van der Waals surface area contributed by atoms with Gasteiger partial charge in [-0.15, -0.1) is 10.2 Å². The minimum absolute atomic E-state index is 0.0870. The van der Waals surface area contributed by atoms with Crippen LogP contribution in [0.3, 0.4) is 0 Å². The average Bonchev–Trinajstić information content (AvgIpc) is 2.72. The number of nitrogens with zero attached hydrogens (tertiary/aromatic N) is 4. The van der Waals surface area contributed by atoms with Gasteiger partial charge in [-0.25, -0.2) is 0 Å². The Morgan fingerprint density at radius 1 is 0.963 bits per heavy atom. The van der Waals surface area contributed by atoms with E-state index in [0.29, 0.717) is 54.1 Å². The maximum atomic E-state index is 12.9. The summed E-state index contributed by atoms with van der Waals surface area (Å²) in [6, 6.07) is 6.87. The molecule has 0 radical (unpaired) electrons. The third-order valence-electron chi connectivity index (χ3n) is 4.42. The zero-order valence-electron chi connectivity index (χ0n) is 15.4. The van der Waals surface area contributed by atoms with Gasteiger partial charge in [-0.2, -0.15) is 0 Å². The lowest BCUT2D eigenvalue weighted by atomic mass is 10.1. The van der Waals surface area contributed by atoms with E-state index >= 15 is 0 Å². The number of rotatable bonds is 5. The van der Waals surface area contributed by atoms with Crippen molar-refractivity contribution in [3.8, 4) is 17.2 Å². The molecule has 1 aromatic heterocycles. The highest BCUT2D eigenvalue weighted by Gasteiger charge is 2.25. The first-order chi connectivity index (χ1) is 13.1. The van der Waals surface area contributed by atoms with Gasteiger partial charge in [0.2, 0.25) is 5.75 Å². The second kappa shape index (κ2) is 8.30. The van der Waals surface area contributed by atoms with Crippen LogP contribution >= 0.6 is 11.6 Å². The van der Waals surface area contributed by atoms with Crippen molar-refractivity contribution in [3.63, 3.8) is 0 Å². The Labute approximate surface area is 162 Å². The number of benzene rings is 1. The maximum absolute atomic E-state index is 12.9. The lowest BCUT2D eigenvalue weighted by Crippen LogP contribution is -2.49. The number of aromatic nitrogens is 2. The fourth-order valence-electron chi connectivity index (χ4n) is 3.00. The van der Waals surface area contributed by atoms with Crippen molar-refractivity contribution >= 4 is 23.3 Å². The molecule has 144 valence electrons. The van der Waals surface area contributed by atoms with E-state index in [9.17, 15) is 4.79 Å². The van der Waals surface area contributed by atoms with Gasteiger partial charge in [0.05, 0.1) is 21.3 Å². The van der Waals surface area contributed by atoms with Crippen LogP contribution in [0.1, 0.15) is 10.4 Å². The normalized spacial score (nSPS) is 14.1.